The molecule has 1 saturated heterocycles. The van der Waals surface area contributed by atoms with Gasteiger partial charge in [0, 0.05) is 24.0 Å². The molecule has 2 heterocycles. The van der Waals surface area contributed by atoms with Gasteiger partial charge in [-0.05, 0) is 38.9 Å². The van der Waals surface area contributed by atoms with Crippen molar-refractivity contribution in [3.63, 3.8) is 0 Å². The molecule has 1 aliphatic heterocycles. The SMILES string of the molecule is Cc1cccc(-c2nc(CC(=O)N(C)C3CCNCC3)cs2)c1.Cl.Cl. The number of rotatable bonds is 4. The minimum absolute atomic E-state index is 0. The van der Waals surface area contributed by atoms with Crippen LogP contribution in [0.1, 0.15) is 24.1 Å². The summed E-state index contributed by atoms with van der Waals surface area (Å²) >= 11 is 1.61. The standard InChI is InChI=1S/C18H23N3OS.2ClH/c1-13-4-3-5-14(10-13)18-20-15(12-23-18)11-17(22)21(2)16-6-8-19-9-7-16;;/h3-5,10,12,16,19H,6-9,11H2,1-2H3;2*1H. The Morgan fingerprint density at radius 1 is 1.32 bits per heavy atom. The largest absolute Gasteiger partial charge is 0.342 e. The van der Waals surface area contributed by atoms with E-state index in [9.17, 15) is 4.79 Å². The molecule has 4 nitrogen and oxygen atoms in total. The molecule has 1 aliphatic rings. The highest BCUT2D eigenvalue weighted by Crippen LogP contribution is 2.25. The van der Waals surface area contributed by atoms with Crippen molar-refractivity contribution in [1.29, 1.82) is 0 Å². The van der Waals surface area contributed by atoms with E-state index in [0.29, 0.717) is 12.5 Å². The molecular formula is C18H25Cl2N3OS. The van der Waals surface area contributed by atoms with Crippen LogP contribution in [0.2, 0.25) is 0 Å². The summed E-state index contributed by atoms with van der Waals surface area (Å²) in [5.41, 5.74) is 3.22. The molecule has 2 aromatic rings. The second-order valence-corrected chi connectivity index (χ2v) is 7.03. The van der Waals surface area contributed by atoms with Gasteiger partial charge in [0.25, 0.3) is 0 Å². The molecule has 25 heavy (non-hydrogen) atoms. The number of aryl methyl sites for hydroxylation is 1. The van der Waals surface area contributed by atoms with E-state index in [1.807, 2.05) is 23.4 Å². The lowest BCUT2D eigenvalue weighted by Gasteiger charge is -2.31. The first-order valence-electron chi connectivity index (χ1n) is 8.11. The van der Waals surface area contributed by atoms with Crippen LogP contribution in [-0.2, 0) is 11.2 Å². The number of aromatic nitrogens is 1. The zero-order chi connectivity index (χ0) is 16.2. The number of nitrogens with zero attached hydrogens (tertiary/aromatic N) is 2. The van der Waals surface area contributed by atoms with Gasteiger partial charge < -0.3 is 10.2 Å². The van der Waals surface area contributed by atoms with Crippen LogP contribution in [0.5, 0.6) is 0 Å². The lowest BCUT2D eigenvalue weighted by molar-refractivity contribution is -0.131. The Balaban J connectivity index is 0.00000156. The summed E-state index contributed by atoms with van der Waals surface area (Å²) < 4.78 is 0. The molecule has 0 saturated carbocycles. The number of benzene rings is 1. The molecule has 0 bridgehead atoms. The molecular weight excluding hydrogens is 377 g/mol. The van der Waals surface area contributed by atoms with E-state index in [-0.39, 0.29) is 30.7 Å². The van der Waals surface area contributed by atoms with Gasteiger partial charge in [0.2, 0.25) is 5.91 Å². The summed E-state index contributed by atoms with van der Waals surface area (Å²) in [6, 6.07) is 8.68. The Morgan fingerprint density at radius 2 is 2.04 bits per heavy atom. The number of piperidine rings is 1. The first-order valence-corrected chi connectivity index (χ1v) is 8.99. The van der Waals surface area contributed by atoms with Crippen molar-refractivity contribution in [3.8, 4) is 10.6 Å². The maximum atomic E-state index is 12.5. The molecule has 0 spiro atoms. The fourth-order valence-electron chi connectivity index (χ4n) is 2.98. The van der Waals surface area contributed by atoms with Gasteiger partial charge in [0.05, 0.1) is 12.1 Å². The molecule has 0 radical (unpaired) electrons. The topological polar surface area (TPSA) is 45.2 Å². The fourth-order valence-corrected chi connectivity index (χ4v) is 3.79. The zero-order valence-corrected chi connectivity index (χ0v) is 17.0. The average molecular weight is 402 g/mol. The predicted molar refractivity (Wildman–Crippen MR) is 109 cm³/mol. The van der Waals surface area contributed by atoms with Crippen LogP contribution < -0.4 is 5.32 Å². The molecule has 1 aromatic carbocycles. The quantitative estimate of drug-likeness (QED) is 0.848. The van der Waals surface area contributed by atoms with Crippen molar-refractivity contribution in [1.82, 2.24) is 15.2 Å². The first kappa shape index (κ1) is 21.9. The maximum Gasteiger partial charge on any atom is 0.228 e. The Morgan fingerprint density at radius 3 is 2.72 bits per heavy atom. The van der Waals surface area contributed by atoms with Crippen LogP contribution >= 0.6 is 36.2 Å². The van der Waals surface area contributed by atoms with Crippen LogP contribution in [0.15, 0.2) is 29.6 Å². The van der Waals surface area contributed by atoms with Gasteiger partial charge in [0.15, 0.2) is 0 Å². The maximum absolute atomic E-state index is 12.5. The Bertz CT molecular complexity index is 686. The van der Waals surface area contributed by atoms with Crippen molar-refractivity contribution in [2.45, 2.75) is 32.2 Å². The summed E-state index contributed by atoms with van der Waals surface area (Å²) in [6.45, 7) is 4.07. The first-order chi connectivity index (χ1) is 11.1. The summed E-state index contributed by atoms with van der Waals surface area (Å²) in [5, 5.41) is 6.33. The second kappa shape index (κ2) is 10.1. The molecule has 3 rings (SSSR count). The molecule has 7 heteroatoms. The number of likely N-dealkylation sites (N-methyl/N-ethyl adjacent to an activating group) is 1. The van der Waals surface area contributed by atoms with E-state index < -0.39 is 0 Å². The van der Waals surface area contributed by atoms with Gasteiger partial charge in [-0.15, -0.1) is 36.2 Å². The van der Waals surface area contributed by atoms with Crippen LogP contribution in [0, 0.1) is 6.92 Å². The summed E-state index contributed by atoms with van der Waals surface area (Å²) in [4.78, 5) is 19.0. The molecule has 0 atom stereocenters. The normalized spacial score (nSPS) is 14.3. The van der Waals surface area contributed by atoms with Gasteiger partial charge in [-0.1, -0.05) is 23.8 Å². The van der Waals surface area contributed by atoms with E-state index in [1.165, 1.54) is 5.56 Å². The number of hydrogen-bond donors (Lipinski definition) is 1. The van der Waals surface area contributed by atoms with Gasteiger partial charge in [-0.3, -0.25) is 4.79 Å². The highest BCUT2D eigenvalue weighted by molar-refractivity contribution is 7.13. The highest BCUT2D eigenvalue weighted by atomic mass is 35.5. The van der Waals surface area contributed by atoms with E-state index in [1.54, 1.807) is 11.3 Å². The zero-order valence-electron chi connectivity index (χ0n) is 14.5. The minimum atomic E-state index is 0. The predicted octanol–water partition coefficient (Wildman–Crippen LogP) is 3.72. The van der Waals surface area contributed by atoms with Crippen molar-refractivity contribution in [3.05, 3.63) is 40.9 Å². The molecule has 138 valence electrons. The van der Waals surface area contributed by atoms with Crippen LogP contribution in [-0.4, -0.2) is 42.0 Å². The van der Waals surface area contributed by atoms with Gasteiger partial charge >= 0.3 is 0 Å². The molecule has 1 N–H and O–H groups in total. The number of nitrogens with one attached hydrogen (secondary N) is 1. The monoisotopic (exact) mass is 401 g/mol. The third-order valence-corrected chi connectivity index (χ3v) is 5.34. The Kier molecular flexibility index (Phi) is 8.86. The van der Waals surface area contributed by atoms with E-state index >= 15 is 0 Å². The van der Waals surface area contributed by atoms with Crippen molar-refractivity contribution in [2.24, 2.45) is 0 Å². The number of carbonyl (C=O) groups is 1. The number of amides is 1. The molecule has 0 aliphatic carbocycles. The molecule has 1 aromatic heterocycles. The Hall–Kier alpha value is -1.14. The minimum Gasteiger partial charge on any atom is -0.342 e. The fraction of sp³-hybridized carbons (Fsp3) is 0.444. The highest BCUT2D eigenvalue weighted by Gasteiger charge is 2.22. The van der Waals surface area contributed by atoms with Crippen molar-refractivity contribution in [2.75, 3.05) is 20.1 Å². The van der Waals surface area contributed by atoms with Gasteiger partial charge in [-0.25, -0.2) is 4.98 Å². The van der Waals surface area contributed by atoms with Crippen molar-refractivity contribution >= 4 is 42.1 Å². The van der Waals surface area contributed by atoms with Crippen LogP contribution in [0.25, 0.3) is 10.6 Å². The van der Waals surface area contributed by atoms with Gasteiger partial charge in [0.1, 0.15) is 5.01 Å². The molecule has 1 amide bonds. The number of hydrogen-bond acceptors (Lipinski definition) is 4. The van der Waals surface area contributed by atoms with E-state index in [4.69, 9.17) is 0 Å². The number of carbonyl (C=O) groups excluding carboxylic acids is 1. The van der Waals surface area contributed by atoms with E-state index in [0.717, 1.165) is 42.2 Å². The lowest BCUT2D eigenvalue weighted by atomic mass is 10.0. The Labute approximate surface area is 165 Å². The molecule has 0 unspecified atom stereocenters. The van der Waals surface area contributed by atoms with E-state index in [2.05, 4.69) is 35.4 Å². The summed E-state index contributed by atoms with van der Waals surface area (Å²) in [6.07, 6.45) is 2.46. The number of halogens is 2. The third-order valence-electron chi connectivity index (χ3n) is 4.40. The smallest absolute Gasteiger partial charge is 0.228 e. The van der Waals surface area contributed by atoms with Gasteiger partial charge in [-0.2, -0.15) is 0 Å². The molecule has 1 fully saturated rings. The summed E-state index contributed by atoms with van der Waals surface area (Å²) in [7, 11) is 1.92. The lowest BCUT2D eigenvalue weighted by Crippen LogP contribution is -2.44. The van der Waals surface area contributed by atoms with Crippen molar-refractivity contribution < 1.29 is 4.79 Å². The van der Waals surface area contributed by atoms with Crippen LogP contribution in [0.4, 0.5) is 0 Å². The average Bonchev–Trinajstić information content (AvgIpc) is 3.03. The second-order valence-electron chi connectivity index (χ2n) is 6.18. The summed E-state index contributed by atoms with van der Waals surface area (Å²) in [5.74, 6) is 0.165. The number of thiazole rings is 1. The van der Waals surface area contributed by atoms with Crippen LogP contribution in [0.3, 0.4) is 0 Å². The third kappa shape index (κ3) is 5.68.